The third kappa shape index (κ3) is 16.1. The molecule has 4 saturated heterocycles. The van der Waals surface area contributed by atoms with Gasteiger partial charge in [-0.15, -0.1) is 0 Å². The molecule has 20 heteroatoms. The number of nitrogens with zero attached hydrogens (tertiary/aromatic N) is 2. The van der Waals surface area contributed by atoms with Gasteiger partial charge in [0.25, 0.3) is 0 Å². The van der Waals surface area contributed by atoms with E-state index in [1.807, 2.05) is 48.5 Å². The van der Waals surface area contributed by atoms with Crippen molar-refractivity contribution in [2.24, 2.45) is 46.6 Å². The van der Waals surface area contributed by atoms with Crippen molar-refractivity contribution in [2.45, 2.75) is 240 Å². The molecule has 4 fully saturated rings. The molecule has 4 rings (SSSR count). The Balaban J connectivity index is 1.95. The number of carbonyl (C=O) groups is 4. The molecule has 74 heavy (non-hydrogen) atoms. The zero-order valence-corrected chi connectivity index (χ0v) is 47.8. The SMILES string of the molecule is CO/N=C1\C[C@@H](C)O[C@@H](O[C@@H]2[C@@H](C)[C@H](O[C@H]3CC(C)N(C(C)C)C[C@H](C)O3)[C@@H](C)C(=O)O[C@H]([C@@H](C)CO[C@@H]3O[C@H](C)[C@@H](O)[C@@H](OC)[C@H]3OC)[C@H](C)[C@@H](OC(=O)CC(C)C)[C@@H](C)C(=O)[C@@](C)(OC(C)=O)C[C@@H]2C)[C@@H]1O. The van der Waals surface area contributed by atoms with Crippen LogP contribution in [0.3, 0.4) is 0 Å². The van der Waals surface area contributed by atoms with Gasteiger partial charge in [0.2, 0.25) is 0 Å². The Labute approximate surface area is 440 Å². The number of aliphatic hydroxyl groups is 2. The largest absolute Gasteiger partial charge is 0.461 e. The summed E-state index contributed by atoms with van der Waals surface area (Å²) in [6, 6.07) is 0.233. The summed E-state index contributed by atoms with van der Waals surface area (Å²) in [6.45, 7) is 29.5. The van der Waals surface area contributed by atoms with E-state index in [1.54, 1.807) is 34.6 Å². The lowest BCUT2D eigenvalue weighted by Gasteiger charge is -2.45. The molecule has 0 amide bonds. The number of carbonyl (C=O) groups excluding carboxylic acids is 4. The molecule has 4 aliphatic rings. The van der Waals surface area contributed by atoms with Crippen LogP contribution in [0.25, 0.3) is 0 Å². The highest BCUT2D eigenvalue weighted by atomic mass is 16.7. The molecule has 0 radical (unpaired) electrons. The van der Waals surface area contributed by atoms with E-state index in [0.29, 0.717) is 18.7 Å². The van der Waals surface area contributed by atoms with E-state index < -0.39 is 145 Å². The zero-order chi connectivity index (χ0) is 55.7. The quantitative estimate of drug-likeness (QED) is 0.108. The number of methoxy groups -OCH3 is 2. The van der Waals surface area contributed by atoms with Crippen LogP contribution in [0, 0.1) is 41.4 Å². The first-order chi connectivity index (χ1) is 34.6. The van der Waals surface area contributed by atoms with Gasteiger partial charge in [-0.2, -0.15) is 0 Å². The molecule has 4 aliphatic heterocycles. The van der Waals surface area contributed by atoms with Crippen molar-refractivity contribution in [2.75, 3.05) is 34.5 Å². The highest BCUT2D eigenvalue weighted by Crippen LogP contribution is 2.40. The summed E-state index contributed by atoms with van der Waals surface area (Å²) in [5.74, 6) is -7.78. The van der Waals surface area contributed by atoms with Crippen LogP contribution in [0.5, 0.6) is 0 Å². The van der Waals surface area contributed by atoms with Crippen LogP contribution in [-0.4, -0.2) is 183 Å². The van der Waals surface area contributed by atoms with Crippen LogP contribution in [0.15, 0.2) is 5.16 Å². The van der Waals surface area contributed by atoms with Crippen LogP contribution in [0.1, 0.15) is 136 Å². The topological polar surface area (TPSA) is 235 Å². The van der Waals surface area contributed by atoms with E-state index in [1.165, 1.54) is 28.3 Å². The molecule has 0 aromatic rings. The molecule has 0 bridgehead atoms. The summed E-state index contributed by atoms with van der Waals surface area (Å²) >= 11 is 0. The fourth-order valence-corrected chi connectivity index (χ4v) is 11.6. The molecule has 22 atom stereocenters. The normalized spacial score (nSPS) is 41.5. The average molecular weight is 1060 g/mol. The van der Waals surface area contributed by atoms with Gasteiger partial charge in [0.15, 0.2) is 30.3 Å². The fourth-order valence-electron chi connectivity index (χ4n) is 11.6. The number of ketones is 1. The molecule has 1 unspecified atom stereocenters. The fraction of sp³-hybridized carbons (Fsp3) is 0.907. The second kappa shape index (κ2) is 28.1. The molecule has 0 aromatic heterocycles. The molecule has 0 saturated carbocycles. The van der Waals surface area contributed by atoms with E-state index >= 15 is 9.59 Å². The Bertz CT molecular complexity index is 1840. The van der Waals surface area contributed by atoms with Crippen molar-refractivity contribution < 1.29 is 86.3 Å². The average Bonchev–Trinajstić information content (AvgIpc) is 3.46. The van der Waals surface area contributed by atoms with E-state index in [-0.39, 0.29) is 50.0 Å². The second-order valence-electron chi connectivity index (χ2n) is 22.7. The minimum Gasteiger partial charge on any atom is -0.461 e. The van der Waals surface area contributed by atoms with Crippen LogP contribution in [-0.2, 0) is 76.1 Å². The molecule has 0 aliphatic carbocycles. The number of oxime groups is 1. The summed E-state index contributed by atoms with van der Waals surface area (Å²) in [7, 11) is 4.30. The minimum atomic E-state index is -1.84. The summed E-state index contributed by atoms with van der Waals surface area (Å²) in [5.41, 5.74) is -1.54. The first-order valence-electron chi connectivity index (χ1n) is 26.9. The lowest BCUT2D eigenvalue weighted by molar-refractivity contribution is -0.305. The van der Waals surface area contributed by atoms with Crippen molar-refractivity contribution >= 4 is 29.4 Å². The zero-order valence-electron chi connectivity index (χ0n) is 47.8. The van der Waals surface area contributed by atoms with Gasteiger partial charge in [-0.25, -0.2) is 0 Å². The van der Waals surface area contributed by atoms with Crippen molar-refractivity contribution in [1.82, 2.24) is 4.90 Å². The highest BCUT2D eigenvalue weighted by molar-refractivity contribution is 5.91. The van der Waals surface area contributed by atoms with Crippen molar-refractivity contribution in [3.8, 4) is 0 Å². The minimum absolute atomic E-state index is 0.0212. The van der Waals surface area contributed by atoms with Gasteiger partial charge in [0, 0.05) is 76.8 Å². The standard InChI is InChI=1S/C54H94N2O18/c1-26(2)20-40(58)70-46-34(11)45(29(6)25-66-53-49(64-18)48(63-17)42(59)37(14)69-53)72-51(62)36(13)47(71-41-21-30(7)56(27(3)4)24-32(9)67-41)33(10)44(73-52-43(60)39(55-65-19)22-31(8)68-52)28(5)23-54(16,74-38(15)57)50(61)35(46)12/h26-37,41-49,52-53,59-60H,20-25H2,1-19H3/b55-39+/t28-,29-,30?,31+,32-,33+,34-,35+,36+,37+,41-,42+,43+,44-,45+,46+,47-,48+,49+,52-,53+,54-/m0/s1. The van der Waals surface area contributed by atoms with Crippen molar-refractivity contribution in [3.63, 3.8) is 0 Å². The number of hydrogen-bond acceptors (Lipinski definition) is 20. The number of cyclic esters (lactones) is 1. The van der Waals surface area contributed by atoms with Gasteiger partial charge in [0.1, 0.15) is 43.7 Å². The molecular formula is C54H94N2O18. The van der Waals surface area contributed by atoms with Crippen LogP contribution in [0.4, 0.5) is 0 Å². The molecular weight excluding hydrogens is 965 g/mol. The second-order valence-corrected chi connectivity index (χ2v) is 22.7. The number of aliphatic hydroxyl groups excluding tert-OH is 2. The first kappa shape index (κ1) is 63.6. The maximum absolute atomic E-state index is 15.4. The predicted octanol–water partition coefficient (Wildman–Crippen LogP) is 5.62. The van der Waals surface area contributed by atoms with E-state index in [9.17, 15) is 19.8 Å². The molecule has 0 spiro atoms. The monoisotopic (exact) mass is 1060 g/mol. The van der Waals surface area contributed by atoms with Crippen molar-refractivity contribution in [3.05, 3.63) is 0 Å². The Morgan fingerprint density at radius 3 is 2.03 bits per heavy atom. The lowest BCUT2D eigenvalue weighted by Crippen LogP contribution is -2.59. The van der Waals surface area contributed by atoms with Crippen LogP contribution < -0.4 is 0 Å². The number of hydrogen-bond donors (Lipinski definition) is 2. The summed E-state index contributed by atoms with van der Waals surface area (Å²) in [4.78, 5) is 65.2. The first-order valence-corrected chi connectivity index (χ1v) is 26.9. The highest BCUT2D eigenvalue weighted by Gasteiger charge is 2.52. The van der Waals surface area contributed by atoms with Gasteiger partial charge >= 0.3 is 17.9 Å². The third-order valence-corrected chi connectivity index (χ3v) is 15.4. The van der Waals surface area contributed by atoms with E-state index in [2.05, 4.69) is 30.8 Å². The van der Waals surface area contributed by atoms with E-state index in [0.717, 1.165) is 0 Å². The van der Waals surface area contributed by atoms with Gasteiger partial charge in [0.05, 0.1) is 54.7 Å². The molecule has 428 valence electrons. The number of esters is 3. The number of ether oxygens (including phenoxy) is 11. The maximum atomic E-state index is 15.4. The summed E-state index contributed by atoms with van der Waals surface area (Å²) in [6.07, 6.45) is -12.2. The van der Waals surface area contributed by atoms with Crippen molar-refractivity contribution in [1.29, 1.82) is 0 Å². The third-order valence-electron chi connectivity index (χ3n) is 15.4. The van der Waals surface area contributed by atoms with E-state index in [4.69, 9.17) is 56.9 Å². The summed E-state index contributed by atoms with van der Waals surface area (Å²) in [5, 5.41) is 26.7. The number of rotatable bonds is 16. The molecule has 2 N–H and O–H groups in total. The smallest absolute Gasteiger partial charge is 0.311 e. The van der Waals surface area contributed by atoms with Gasteiger partial charge in [-0.05, 0) is 73.6 Å². The predicted molar refractivity (Wildman–Crippen MR) is 271 cm³/mol. The Hall–Kier alpha value is -2.89. The number of Topliss-reactive ketones (excluding diaryl/α,β-unsaturated/α-hetero) is 1. The van der Waals surface area contributed by atoms with Crippen LogP contribution >= 0.6 is 0 Å². The van der Waals surface area contributed by atoms with Crippen LogP contribution in [0.2, 0.25) is 0 Å². The Morgan fingerprint density at radius 2 is 1.45 bits per heavy atom. The summed E-state index contributed by atoms with van der Waals surface area (Å²) < 4.78 is 69.9. The molecule has 20 nitrogen and oxygen atoms in total. The lowest BCUT2D eigenvalue weighted by atomic mass is 9.74. The Morgan fingerprint density at radius 1 is 0.797 bits per heavy atom. The van der Waals surface area contributed by atoms with Gasteiger partial charge < -0.3 is 67.2 Å². The molecule has 0 aromatic carbocycles. The molecule has 4 heterocycles. The maximum Gasteiger partial charge on any atom is 0.311 e. The Kier molecular flexibility index (Phi) is 24.2. The van der Waals surface area contributed by atoms with Gasteiger partial charge in [-0.3, -0.25) is 24.1 Å². The van der Waals surface area contributed by atoms with Gasteiger partial charge in [-0.1, -0.05) is 53.6 Å².